The van der Waals surface area contributed by atoms with Gasteiger partial charge in [0, 0.05) is 25.0 Å². The summed E-state index contributed by atoms with van der Waals surface area (Å²) in [5, 5.41) is 3.02. The number of unbranched alkanes of at least 4 members (excludes halogenated alkanes) is 2. The molecule has 2 rings (SSSR count). The summed E-state index contributed by atoms with van der Waals surface area (Å²) in [6.45, 7) is 7.38. The monoisotopic (exact) mass is 332 g/mol. The minimum atomic E-state index is -0.809. The lowest BCUT2D eigenvalue weighted by molar-refractivity contribution is -0.170. The van der Waals surface area contributed by atoms with Gasteiger partial charge in [-0.3, -0.25) is 4.79 Å². The lowest BCUT2D eigenvalue weighted by atomic mass is 9.54. The van der Waals surface area contributed by atoms with Crippen molar-refractivity contribution in [1.82, 2.24) is 5.32 Å². The van der Waals surface area contributed by atoms with Crippen molar-refractivity contribution >= 4 is 5.91 Å². The van der Waals surface area contributed by atoms with Gasteiger partial charge in [0.05, 0.1) is 6.10 Å². The number of hydrogen-bond acceptors (Lipinski definition) is 3. The van der Waals surface area contributed by atoms with Crippen LogP contribution < -0.4 is 11.1 Å². The topological polar surface area (TPSA) is 64.3 Å². The van der Waals surface area contributed by atoms with E-state index in [1.807, 2.05) is 26.8 Å². The average Bonchev–Trinajstić information content (AvgIpc) is 2.58. The Morgan fingerprint density at radius 3 is 2.58 bits per heavy atom. The quantitative estimate of drug-likeness (QED) is 0.683. The van der Waals surface area contributed by atoms with Gasteiger partial charge in [-0.25, -0.2) is 0 Å². The number of carbonyl (C=O) groups is 1. The molecule has 2 atom stereocenters. The fraction of sp³-hybridized carbons (Fsp3) is 0.650. The summed E-state index contributed by atoms with van der Waals surface area (Å²) in [7, 11) is 0. The van der Waals surface area contributed by atoms with Gasteiger partial charge in [0.25, 0.3) is 0 Å². The summed E-state index contributed by atoms with van der Waals surface area (Å²) < 4.78 is 5.68. The van der Waals surface area contributed by atoms with E-state index < -0.39 is 5.54 Å². The van der Waals surface area contributed by atoms with Crippen LogP contribution in [0, 0.1) is 5.41 Å². The van der Waals surface area contributed by atoms with Crippen molar-refractivity contribution in [2.45, 2.75) is 64.5 Å². The zero-order valence-electron chi connectivity index (χ0n) is 15.3. The molecule has 0 spiro atoms. The molecule has 0 aromatic heterocycles. The first-order valence-electron chi connectivity index (χ1n) is 9.14. The van der Waals surface area contributed by atoms with Crippen molar-refractivity contribution in [3.8, 4) is 0 Å². The fourth-order valence-electron chi connectivity index (χ4n) is 3.46. The summed E-state index contributed by atoms with van der Waals surface area (Å²) in [6, 6.07) is 10.5. The van der Waals surface area contributed by atoms with E-state index >= 15 is 0 Å². The molecule has 1 saturated carbocycles. The minimum absolute atomic E-state index is 0.0356. The molecule has 2 unspecified atom stereocenters. The standard InChI is InChI=1S/C20H32N2O2/c1-4-24-17-15-20(21,19(17,2)3)18(23)22-14-10-6-9-13-16-11-7-5-8-12-16/h5,7-8,11-12,17H,4,6,9-10,13-15,21H2,1-3H3,(H,22,23). The Morgan fingerprint density at radius 2 is 1.96 bits per heavy atom. The van der Waals surface area contributed by atoms with Gasteiger partial charge < -0.3 is 15.8 Å². The van der Waals surface area contributed by atoms with Crippen molar-refractivity contribution in [3.63, 3.8) is 0 Å². The van der Waals surface area contributed by atoms with Crippen LogP contribution in [-0.4, -0.2) is 30.7 Å². The Kier molecular flexibility index (Phi) is 6.41. The van der Waals surface area contributed by atoms with E-state index in [4.69, 9.17) is 10.5 Å². The molecular weight excluding hydrogens is 300 g/mol. The third kappa shape index (κ3) is 3.98. The summed E-state index contributed by atoms with van der Waals surface area (Å²) in [5.41, 5.74) is 6.62. The summed E-state index contributed by atoms with van der Waals surface area (Å²) >= 11 is 0. The average molecular weight is 332 g/mol. The summed E-state index contributed by atoms with van der Waals surface area (Å²) in [4.78, 5) is 12.5. The van der Waals surface area contributed by atoms with Crippen LogP contribution in [0.1, 0.15) is 52.0 Å². The van der Waals surface area contributed by atoms with Crippen LogP contribution >= 0.6 is 0 Å². The van der Waals surface area contributed by atoms with Crippen LogP contribution in [0.15, 0.2) is 30.3 Å². The first-order valence-corrected chi connectivity index (χ1v) is 9.14. The van der Waals surface area contributed by atoms with Crippen LogP contribution in [0.25, 0.3) is 0 Å². The van der Waals surface area contributed by atoms with Crippen LogP contribution in [0.3, 0.4) is 0 Å². The van der Waals surface area contributed by atoms with E-state index in [-0.39, 0.29) is 17.4 Å². The van der Waals surface area contributed by atoms with Crippen molar-refractivity contribution < 1.29 is 9.53 Å². The number of hydrogen-bond donors (Lipinski definition) is 2. The van der Waals surface area contributed by atoms with Crippen molar-refractivity contribution in [3.05, 3.63) is 35.9 Å². The Labute approximate surface area is 146 Å². The molecular formula is C20H32N2O2. The number of carbonyl (C=O) groups excluding carboxylic acids is 1. The fourth-order valence-corrected chi connectivity index (χ4v) is 3.46. The van der Waals surface area contributed by atoms with Gasteiger partial charge in [0.15, 0.2) is 0 Å². The lowest BCUT2D eigenvalue weighted by Crippen LogP contribution is -2.75. The maximum atomic E-state index is 12.5. The molecule has 3 N–H and O–H groups in total. The number of ether oxygens (including phenoxy) is 1. The molecule has 1 aliphatic carbocycles. The largest absolute Gasteiger partial charge is 0.378 e. The maximum absolute atomic E-state index is 12.5. The van der Waals surface area contributed by atoms with E-state index in [9.17, 15) is 4.79 Å². The normalized spacial score (nSPS) is 25.1. The van der Waals surface area contributed by atoms with Crippen molar-refractivity contribution in [2.75, 3.05) is 13.2 Å². The molecule has 1 aromatic carbocycles. The molecule has 1 aromatic rings. The summed E-state index contributed by atoms with van der Waals surface area (Å²) in [5.74, 6) is -0.0356. The highest BCUT2D eigenvalue weighted by atomic mass is 16.5. The second-order valence-electron chi connectivity index (χ2n) is 7.39. The van der Waals surface area contributed by atoms with E-state index in [1.165, 1.54) is 5.56 Å². The maximum Gasteiger partial charge on any atom is 0.240 e. The van der Waals surface area contributed by atoms with E-state index in [0.29, 0.717) is 19.6 Å². The lowest BCUT2D eigenvalue weighted by Gasteiger charge is -2.57. The van der Waals surface area contributed by atoms with Gasteiger partial charge >= 0.3 is 0 Å². The first kappa shape index (κ1) is 18.9. The molecule has 0 bridgehead atoms. The number of aryl methyl sites for hydroxylation is 1. The highest BCUT2D eigenvalue weighted by Crippen LogP contribution is 2.49. The Bertz CT molecular complexity index is 530. The minimum Gasteiger partial charge on any atom is -0.378 e. The smallest absolute Gasteiger partial charge is 0.240 e. The number of rotatable bonds is 9. The van der Waals surface area contributed by atoms with E-state index in [1.54, 1.807) is 0 Å². The number of amides is 1. The molecule has 1 fully saturated rings. The third-order valence-electron chi connectivity index (χ3n) is 5.51. The van der Waals surface area contributed by atoms with Crippen molar-refractivity contribution in [1.29, 1.82) is 0 Å². The molecule has 0 saturated heterocycles. The zero-order valence-corrected chi connectivity index (χ0v) is 15.3. The van der Waals surface area contributed by atoms with Crippen LogP contribution in [0.5, 0.6) is 0 Å². The molecule has 0 heterocycles. The summed E-state index contributed by atoms with van der Waals surface area (Å²) in [6.07, 6.45) is 5.02. The Balaban J connectivity index is 1.65. The Morgan fingerprint density at radius 1 is 1.25 bits per heavy atom. The molecule has 24 heavy (non-hydrogen) atoms. The predicted molar refractivity (Wildman–Crippen MR) is 97.7 cm³/mol. The molecule has 0 radical (unpaired) electrons. The third-order valence-corrected chi connectivity index (χ3v) is 5.51. The first-order chi connectivity index (χ1) is 11.4. The molecule has 134 valence electrons. The van der Waals surface area contributed by atoms with E-state index in [2.05, 4.69) is 29.6 Å². The number of nitrogens with one attached hydrogen (secondary N) is 1. The van der Waals surface area contributed by atoms with Gasteiger partial charge in [-0.1, -0.05) is 50.6 Å². The Hall–Kier alpha value is -1.39. The van der Waals surface area contributed by atoms with Gasteiger partial charge in [0.1, 0.15) is 5.54 Å². The molecule has 4 heteroatoms. The van der Waals surface area contributed by atoms with Crippen LogP contribution in [-0.2, 0) is 16.0 Å². The van der Waals surface area contributed by atoms with Crippen molar-refractivity contribution in [2.24, 2.45) is 11.1 Å². The molecule has 4 nitrogen and oxygen atoms in total. The zero-order chi connectivity index (χ0) is 17.6. The molecule has 1 amide bonds. The van der Waals surface area contributed by atoms with Crippen LogP contribution in [0.2, 0.25) is 0 Å². The SMILES string of the molecule is CCOC1CC(N)(C(=O)NCCCCCc2ccccc2)C1(C)C. The second kappa shape index (κ2) is 8.13. The van der Waals surface area contributed by atoms with Gasteiger partial charge in [-0.05, 0) is 31.7 Å². The molecule has 1 aliphatic rings. The molecule has 0 aliphatic heterocycles. The number of benzene rings is 1. The second-order valence-corrected chi connectivity index (χ2v) is 7.39. The predicted octanol–water partition coefficient (Wildman–Crippen LogP) is 3.05. The van der Waals surface area contributed by atoms with Gasteiger partial charge in [0.2, 0.25) is 5.91 Å². The van der Waals surface area contributed by atoms with Gasteiger partial charge in [-0.2, -0.15) is 0 Å². The van der Waals surface area contributed by atoms with E-state index in [0.717, 1.165) is 25.7 Å². The highest BCUT2D eigenvalue weighted by molar-refractivity contribution is 5.88. The van der Waals surface area contributed by atoms with Gasteiger partial charge in [-0.15, -0.1) is 0 Å². The van der Waals surface area contributed by atoms with Crippen LogP contribution in [0.4, 0.5) is 0 Å². The highest BCUT2D eigenvalue weighted by Gasteiger charge is 2.62. The number of nitrogens with two attached hydrogens (primary N) is 1.